The van der Waals surface area contributed by atoms with Gasteiger partial charge in [-0.15, -0.1) is 10.2 Å². The van der Waals surface area contributed by atoms with Crippen molar-refractivity contribution in [1.82, 2.24) is 10.2 Å². The molecule has 2 bridgehead atoms. The number of hydrogen-bond acceptors (Lipinski definition) is 4. The maximum Gasteiger partial charge on any atom is 0.249 e. The Morgan fingerprint density at radius 3 is 1.48 bits per heavy atom. The highest BCUT2D eigenvalue weighted by atomic mass is 16.4. The van der Waals surface area contributed by atoms with Crippen molar-refractivity contribution in [2.45, 2.75) is 38.0 Å². The lowest BCUT2D eigenvalue weighted by molar-refractivity contribution is 0.581. The third-order valence-corrected chi connectivity index (χ3v) is 11.0. The van der Waals surface area contributed by atoms with Gasteiger partial charge in [-0.3, -0.25) is 0 Å². The fourth-order valence-electron chi connectivity index (χ4n) is 8.67. The fraction of sp³-hybridized carbons (Fsp3) is 0.125. The molecule has 0 amide bonds. The number of rotatable bonds is 5. The van der Waals surface area contributed by atoms with Gasteiger partial charge in [0.25, 0.3) is 0 Å². The minimum atomic E-state index is -0.0134. The van der Waals surface area contributed by atoms with Crippen LogP contribution in [-0.4, -0.2) is 10.2 Å². The van der Waals surface area contributed by atoms with Gasteiger partial charge in [0.1, 0.15) is 0 Å². The summed E-state index contributed by atoms with van der Waals surface area (Å²) in [7, 11) is 0. The molecule has 1 heterocycles. The molecule has 52 heavy (non-hydrogen) atoms. The molecule has 11 rings (SSSR count). The lowest BCUT2D eigenvalue weighted by atomic mass is 9.59. The Morgan fingerprint density at radius 2 is 0.942 bits per heavy atom. The predicted molar refractivity (Wildman–Crippen MR) is 211 cm³/mol. The highest BCUT2D eigenvalue weighted by molar-refractivity contribution is 6.10. The Bertz CT molecular complexity index is 2530. The minimum Gasteiger partial charge on any atom is -0.416 e. The standard InChI is InChI=1S/C48H37N3O/c1-48(2,3)31-28-26-30(27-29-31)46-49-50-47(52-46)42-38-24-14-15-25-39(38)45(51(32-16-6-4-7-17-32)33-18-8-5-9-19-33)44-41-36-22-12-10-20-34(36)40(43(42)44)35-21-11-13-23-37(35)41/h4-29,40-41H,1-3H3. The van der Waals surface area contributed by atoms with Crippen molar-refractivity contribution in [2.24, 2.45) is 0 Å². The Hall–Kier alpha value is -6.26. The van der Waals surface area contributed by atoms with Crippen LogP contribution in [-0.2, 0) is 5.41 Å². The number of para-hydroxylation sites is 2. The zero-order valence-corrected chi connectivity index (χ0v) is 29.4. The van der Waals surface area contributed by atoms with E-state index in [2.05, 4.69) is 188 Å². The molecular weight excluding hydrogens is 635 g/mol. The Morgan fingerprint density at radius 1 is 0.481 bits per heavy atom. The monoisotopic (exact) mass is 671 g/mol. The van der Waals surface area contributed by atoms with Crippen molar-refractivity contribution in [1.29, 1.82) is 0 Å². The number of fused-ring (bicyclic) bond motifs is 1. The molecule has 0 saturated heterocycles. The van der Waals surface area contributed by atoms with Crippen molar-refractivity contribution in [3.63, 3.8) is 0 Å². The van der Waals surface area contributed by atoms with Crippen LogP contribution in [0, 0.1) is 0 Å². The first-order chi connectivity index (χ1) is 25.5. The first kappa shape index (κ1) is 30.6. The van der Waals surface area contributed by atoms with Crippen LogP contribution >= 0.6 is 0 Å². The molecule has 1 aromatic heterocycles. The second-order valence-electron chi connectivity index (χ2n) is 15.0. The summed E-state index contributed by atoms with van der Waals surface area (Å²) < 4.78 is 6.77. The lowest BCUT2D eigenvalue weighted by Crippen LogP contribution is -2.30. The molecule has 0 saturated carbocycles. The first-order valence-corrected chi connectivity index (χ1v) is 18.1. The quantitative estimate of drug-likeness (QED) is 0.183. The molecule has 250 valence electrons. The fourth-order valence-corrected chi connectivity index (χ4v) is 8.67. The van der Waals surface area contributed by atoms with E-state index >= 15 is 0 Å². The summed E-state index contributed by atoms with van der Waals surface area (Å²) in [5.41, 5.74) is 14.6. The summed E-state index contributed by atoms with van der Waals surface area (Å²) in [5.74, 6) is 1.06. The molecular formula is C48H37N3O. The molecule has 0 unspecified atom stereocenters. The second-order valence-corrected chi connectivity index (χ2v) is 15.0. The van der Waals surface area contributed by atoms with Crippen LogP contribution < -0.4 is 4.90 Å². The zero-order valence-electron chi connectivity index (χ0n) is 29.4. The predicted octanol–water partition coefficient (Wildman–Crippen LogP) is 12.3. The summed E-state index contributed by atoms with van der Waals surface area (Å²) in [6.45, 7) is 6.68. The van der Waals surface area contributed by atoms with Crippen LogP contribution in [0.5, 0.6) is 0 Å². The molecule has 3 aliphatic rings. The smallest absolute Gasteiger partial charge is 0.249 e. The SMILES string of the molecule is CC(C)(C)c1ccc(-c2nnc(-c3c4c(c(N(c5ccccc5)c5ccccc5)c5ccccc35)C3c5ccccc5C4c4ccccc43)o2)cc1. The summed E-state index contributed by atoms with van der Waals surface area (Å²) in [6, 6.07) is 56.8. The molecule has 7 aromatic carbocycles. The summed E-state index contributed by atoms with van der Waals surface area (Å²) in [6.07, 6.45) is 0. The third-order valence-electron chi connectivity index (χ3n) is 11.0. The molecule has 0 radical (unpaired) electrons. The van der Waals surface area contributed by atoms with E-state index in [1.165, 1.54) is 44.6 Å². The van der Waals surface area contributed by atoms with Gasteiger partial charge in [0.2, 0.25) is 11.8 Å². The van der Waals surface area contributed by atoms with E-state index in [4.69, 9.17) is 9.52 Å². The molecule has 0 atom stereocenters. The normalized spacial score (nSPS) is 15.6. The number of hydrogen-bond donors (Lipinski definition) is 0. The second kappa shape index (κ2) is 11.6. The van der Waals surface area contributed by atoms with Crippen molar-refractivity contribution >= 4 is 27.8 Å². The first-order valence-electron chi connectivity index (χ1n) is 18.1. The Balaban J connectivity index is 1.31. The Kier molecular flexibility index (Phi) is 6.84. The third kappa shape index (κ3) is 4.60. The average Bonchev–Trinajstić information content (AvgIpc) is 3.68. The van der Waals surface area contributed by atoms with Gasteiger partial charge in [-0.2, -0.15) is 0 Å². The number of anilines is 3. The maximum atomic E-state index is 6.77. The molecule has 0 fully saturated rings. The summed E-state index contributed by atoms with van der Waals surface area (Å²) in [4.78, 5) is 2.45. The molecule has 0 N–H and O–H groups in total. The molecule has 0 aliphatic heterocycles. The van der Waals surface area contributed by atoms with Crippen LogP contribution in [0.15, 0.2) is 162 Å². The van der Waals surface area contributed by atoms with Gasteiger partial charge in [0.15, 0.2) is 0 Å². The topological polar surface area (TPSA) is 42.2 Å². The highest BCUT2D eigenvalue weighted by Crippen LogP contribution is 2.62. The van der Waals surface area contributed by atoms with E-state index in [9.17, 15) is 0 Å². The number of nitrogens with zero attached hydrogens (tertiary/aromatic N) is 3. The van der Waals surface area contributed by atoms with Gasteiger partial charge < -0.3 is 9.32 Å². The molecule has 3 aliphatic carbocycles. The van der Waals surface area contributed by atoms with Gasteiger partial charge in [-0.25, -0.2) is 0 Å². The van der Waals surface area contributed by atoms with E-state index in [1.807, 2.05) is 0 Å². The largest absolute Gasteiger partial charge is 0.416 e. The van der Waals surface area contributed by atoms with Crippen LogP contribution in [0.2, 0.25) is 0 Å². The zero-order chi connectivity index (χ0) is 35.0. The summed E-state index contributed by atoms with van der Waals surface area (Å²) in [5, 5.41) is 11.8. The van der Waals surface area contributed by atoms with Crippen molar-refractivity contribution in [3.05, 3.63) is 197 Å². The van der Waals surface area contributed by atoms with Gasteiger partial charge >= 0.3 is 0 Å². The average molecular weight is 672 g/mol. The van der Waals surface area contributed by atoms with E-state index < -0.39 is 0 Å². The van der Waals surface area contributed by atoms with Crippen molar-refractivity contribution in [2.75, 3.05) is 4.90 Å². The van der Waals surface area contributed by atoms with Crippen LogP contribution in [0.25, 0.3) is 33.7 Å². The summed E-state index contributed by atoms with van der Waals surface area (Å²) >= 11 is 0. The number of benzene rings is 7. The molecule has 0 spiro atoms. The van der Waals surface area contributed by atoms with E-state index in [0.29, 0.717) is 11.8 Å². The molecule has 4 nitrogen and oxygen atoms in total. The van der Waals surface area contributed by atoms with Crippen LogP contribution in [0.3, 0.4) is 0 Å². The Labute approximate surface area is 304 Å². The van der Waals surface area contributed by atoms with E-state index in [0.717, 1.165) is 33.3 Å². The van der Waals surface area contributed by atoms with Crippen LogP contribution in [0.1, 0.15) is 71.6 Å². The minimum absolute atomic E-state index is 0.00742. The highest BCUT2D eigenvalue weighted by Gasteiger charge is 2.46. The van der Waals surface area contributed by atoms with Gasteiger partial charge in [-0.1, -0.05) is 142 Å². The van der Waals surface area contributed by atoms with E-state index in [-0.39, 0.29) is 17.3 Å². The van der Waals surface area contributed by atoms with Crippen molar-refractivity contribution < 1.29 is 4.42 Å². The van der Waals surface area contributed by atoms with Crippen LogP contribution in [0.4, 0.5) is 17.1 Å². The lowest BCUT2D eigenvalue weighted by Gasteiger charge is -2.45. The molecule has 8 aromatic rings. The van der Waals surface area contributed by atoms with Gasteiger partial charge in [-0.05, 0) is 86.1 Å². The maximum absolute atomic E-state index is 6.77. The van der Waals surface area contributed by atoms with E-state index in [1.54, 1.807) is 0 Å². The molecule has 4 heteroatoms. The number of aromatic nitrogens is 2. The van der Waals surface area contributed by atoms with Gasteiger partial charge in [0.05, 0.1) is 11.3 Å². The van der Waals surface area contributed by atoms with Gasteiger partial charge in [0, 0.05) is 34.2 Å². The van der Waals surface area contributed by atoms with Crippen molar-refractivity contribution in [3.8, 4) is 22.9 Å².